The van der Waals surface area contributed by atoms with E-state index in [2.05, 4.69) is 353 Å². The highest BCUT2D eigenvalue weighted by Gasteiger charge is 2.36. The molecule has 0 saturated heterocycles. The zero-order chi connectivity index (χ0) is 63.3. The van der Waals surface area contributed by atoms with E-state index in [0.717, 1.165) is 33.5 Å². The summed E-state index contributed by atoms with van der Waals surface area (Å²) in [5.74, 6) is 0. The van der Waals surface area contributed by atoms with Gasteiger partial charge in [-0.15, -0.1) is 0 Å². The minimum atomic E-state index is -0.0252. The van der Waals surface area contributed by atoms with Gasteiger partial charge in [0.2, 0.25) is 0 Å². The lowest BCUT2D eigenvalue weighted by molar-refractivity contribution is 0.660. The first-order chi connectivity index (χ1) is 45.5. The summed E-state index contributed by atoms with van der Waals surface area (Å²) in [5.41, 5.74) is 31.2. The van der Waals surface area contributed by atoms with Gasteiger partial charge in [-0.2, -0.15) is 0 Å². The van der Waals surface area contributed by atoms with Crippen LogP contribution in [0.25, 0.3) is 89.0 Å². The first-order valence-electron chi connectivity index (χ1n) is 32.1. The average Bonchev–Trinajstić information content (AvgIpc) is 1.60. The lowest BCUT2D eigenvalue weighted by Gasteiger charge is -2.27. The van der Waals surface area contributed by atoms with Crippen molar-refractivity contribution in [2.45, 2.75) is 38.5 Å². The van der Waals surface area contributed by atoms with Crippen molar-refractivity contribution in [2.75, 3.05) is 10.2 Å². The largest absolute Gasteiger partial charge is 0.356 e. The van der Waals surface area contributed by atoms with E-state index in [9.17, 15) is 0 Å². The Bertz CT molecular complexity index is 4880. The first kappa shape index (κ1) is 59.6. The van der Waals surface area contributed by atoms with Crippen LogP contribution in [-0.2, 0) is 10.8 Å². The molecular formula is C90H71ClN2. The van der Waals surface area contributed by atoms with Crippen LogP contribution in [0.15, 0.2) is 352 Å². The van der Waals surface area contributed by atoms with Gasteiger partial charge in [0.25, 0.3) is 0 Å². The smallest absolute Gasteiger partial charge is 0.0468 e. The number of nitrogens with zero attached hydrogens (tertiary/aromatic N) is 1. The van der Waals surface area contributed by atoms with E-state index in [1.165, 1.54) is 111 Å². The predicted molar refractivity (Wildman–Crippen MR) is 396 cm³/mol. The highest BCUT2D eigenvalue weighted by molar-refractivity contribution is 6.30. The van der Waals surface area contributed by atoms with E-state index in [1.807, 2.05) is 36.4 Å². The normalized spacial score (nSPS) is 12.5. The minimum Gasteiger partial charge on any atom is -0.356 e. The van der Waals surface area contributed by atoms with E-state index in [-0.39, 0.29) is 10.8 Å². The third kappa shape index (κ3) is 12.5. The Balaban J connectivity index is 0.000000135. The van der Waals surface area contributed by atoms with E-state index < -0.39 is 0 Å². The van der Waals surface area contributed by atoms with Crippen molar-refractivity contribution in [3.63, 3.8) is 0 Å². The van der Waals surface area contributed by atoms with Crippen LogP contribution >= 0.6 is 11.6 Å². The number of fused-ring (bicyclic) bond motifs is 6. The third-order valence-corrected chi connectivity index (χ3v) is 18.7. The highest BCUT2D eigenvalue weighted by atomic mass is 35.5. The van der Waals surface area contributed by atoms with Gasteiger partial charge >= 0.3 is 0 Å². The van der Waals surface area contributed by atoms with Gasteiger partial charge in [-0.05, 0) is 196 Å². The number of nitrogens with one attached hydrogen (secondary N) is 1. The highest BCUT2D eigenvalue weighted by Crippen LogP contribution is 2.52. The van der Waals surface area contributed by atoms with Gasteiger partial charge in [-0.3, -0.25) is 0 Å². The summed E-state index contributed by atoms with van der Waals surface area (Å²) in [5, 5.41) is 4.34. The summed E-state index contributed by atoms with van der Waals surface area (Å²) in [7, 11) is 0. The number of benzene rings is 14. The van der Waals surface area contributed by atoms with Crippen LogP contribution in [0.4, 0.5) is 28.4 Å². The number of halogens is 1. The maximum Gasteiger partial charge on any atom is 0.0468 e. The van der Waals surface area contributed by atoms with Gasteiger partial charge in [-0.1, -0.05) is 306 Å². The standard InChI is InChI=1S/C45H35N.C27H23N.C18H13Cl/c1-45(2)43-19-10-9-18-41(43)42-31-40(28-29-44(42)45)46(38-24-20-34(21-25-38)32-12-5-3-6-13-32)39-26-22-35(23-27-39)37-17-11-16-36(30-37)33-14-7-4-8-15-33;1-27(2)25-11-7-6-10-23(25)24-18-22(16-17-26(24)27)28-21-14-12-20(13-15-21)19-8-4-3-5-9-19;19-18-11-9-15(10-12-18)17-8-4-7-16(13-17)14-5-2-1-3-6-14/h3-31H,1-2H3;3-18,28H,1-2H3;1-13H. The SMILES string of the molecule is CC1(C)c2ccccc2-c2cc(N(c3ccc(-c4ccccc4)cc3)c3ccc(-c4cccc(-c5ccccc5)c4)cc3)ccc21.CC1(C)c2ccccc2-c2cc(Nc3ccc(-c4ccccc4)cc3)ccc21.Clc1ccc(-c2cccc(-c3ccccc3)c2)cc1. The number of hydrogen-bond donors (Lipinski definition) is 1. The van der Waals surface area contributed by atoms with E-state index in [0.29, 0.717) is 0 Å². The van der Waals surface area contributed by atoms with Crippen LogP contribution < -0.4 is 10.2 Å². The molecule has 0 fully saturated rings. The van der Waals surface area contributed by atoms with Crippen molar-refractivity contribution < 1.29 is 0 Å². The van der Waals surface area contributed by atoms with Gasteiger partial charge in [-0.25, -0.2) is 0 Å². The molecule has 0 aliphatic heterocycles. The summed E-state index contributed by atoms with van der Waals surface area (Å²) in [6.45, 7) is 9.30. The van der Waals surface area contributed by atoms with Crippen LogP contribution in [0.5, 0.6) is 0 Å². The lowest BCUT2D eigenvalue weighted by Crippen LogP contribution is -2.15. The van der Waals surface area contributed by atoms with Gasteiger partial charge < -0.3 is 10.2 Å². The van der Waals surface area contributed by atoms with Crippen molar-refractivity contribution in [2.24, 2.45) is 0 Å². The van der Waals surface area contributed by atoms with Crippen molar-refractivity contribution in [3.8, 4) is 89.0 Å². The molecule has 0 radical (unpaired) electrons. The molecule has 0 unspecified atom stereocenters. The van der Waals surface area contributed by atoms with Crippen LogP contribution in [0.2, 0.25) is 5.02 Å². The molecule has 0 amide bonds. The molecule has 14 aromatic carbocycles. The molecule has 1 N–H and O–H groups in total. The van der Waals surface area contributed by atoms with Crippen molar-refractivity contribution in [3.05, 3.63) is 379 Å². The molecule has 448 valence electrons. The molecule has 0 aromatic heterocycles. The fraction of sp³-hybridized carbons (Fsp3) is 0.0667. The molecule has 0 bridgehead atoms. The van der Waals surface area contributed by atoms with Gasteiger partial charge in [0.1, 0.15) is 0 Å². The van der Waals surface area contributed by atoms with Crippen LogP contribution in [0.1, 0.15) is 49.9 Å². The fourth-order valence-corrected chi connectivity index (χ4v) is 13.7. The zero-order valence-corrected chi connectivity index (χ0v) is 53.6. The Morgan fingerprint density at radius 2 is 0.516 bits per heavy atom. The topological polar surface area (TPSA) is 15.3 Å². The van der Waals surface area contributed by atoms with Crippen LogP contribution in [0, 0.1) is 0 Å². The Kier molecular flexibility index (Phi) is 16.7. The molecule has 2 nitrogen and oxygen atoms in total. The van der Waals surface area contributed by atoms with Gasteiger partial charge in [0.05, 0.1) is 0 Å². The van der Waals surface area contributed by atoms with Gasteiger partial charge in [0.15, 0.2) is 0 Å². The second-order valence-electron chi connectivity index (χ2n) is 25.1. The predicted octanol–water partition coefficient (Wildman–Crippen LogP) is 25.5. The zero-order valence-electron chi connectivity index (χ0n) is 52.8. The molecule has 93 heavy (non-hydrogen) atoms. The maximum absolute atomic E-state index is 5.93. The molecule has 14 aromatic rings. The summed E-state index contributed by atoms with van der Waals surface area (Å²) in [4.78, 5) is 2.38. The summed E-state index contributed by atoms with van der Waals surface area (Å²) < 4.78 is 0. The van der Waals surface area contributed by atoms with Crippen molar-refractivity contribution >= 4 is 40.0 Å². The Morgan fingerprint density at radius 1 is 0.226 bits per heavy atom. The third-order valence-electron chi connectivity index (χ3n) is 18.5. The number of anilines is 5. The molecule has 16 rings (SSSR count). The summed E-state index contributed by atoms with van der Waals surface area (Å²) in [6, 6.07) is 125. The average molecular weight is 1220 g/mol. The van der Waals surface area contributed by atoms with Gasteiger partial charge in [0, 0.05) is 44.3 Å². The Hall–Kier alpha value is -11.0. The second kappa shape index (κ2) is 26.1. The summed E-state index contributed by atoms with van der Waals surface area (Å²) in [6.07, 6.45) is 0. The van der Waals surface area contributed by atoms with Crippen LogP contribution in [0.3, 0.4) is 0 Å². The van der Waals surface area contributed by atoms with Crippen LogP contribution in [-0.4, -0.2) is 0 Å². The second-order valence-corrected chi connectivity index (χ2v) is 25.5. The molecule has 0 atom stereocenters. The quantitative estimate of drug-likeness (QED) is 0.139. The van der Waals surface area contributed by atoms with E-state index in [4.69, 9.17) is 11.6 Å². The first-order valence-corrected chi connectivity index (χ1v) is 32.4. The van der Waals surface area contributed by atoms with Crippen molar-refractivity contribution in [1.82, 2.24) is 0 Å². The monoisotopic (exact) mass is 1210 g/mol. The number of rotatable bonds is 11. The molecule has 2 aliphatic carbocycles. The molecule has 3 heteroatoms. The molecule has 0 spiro atoms. The minimum absolute atomic E-state index is 0.0252. The lowest BCUT2D eigenvalue weighted by atomic mass is 9.82. The Labute approximate surface area is 553 Å². The molecule has 2 aliphatic rings. The molecule has 0 heterocycles. The fourth-order valence-electron chi connectivity index (χ4n) is 13.5. The van der Waals surface area contributed by atoms with Crippen molar-refractivity contribution in [1.29, 1.82) is 0 Å². The maximum atomic E-state index is 5.93. The number of hydrogen-bond acceptors (Lipinski definition) is 2. The Morgan fingerprint density at radius 3 is 0.946 bits per heavy atom. The van der Waals surface area contributed by atoms with E-state index >= 15 is 0 Å². The molecular weight excluding hydrogens is 1140 g/mol. The summed E-state index contributed by atoms with van der Waals surface area (Å²) >= 11 is 5.93. The van der Waals surface area contributed by atoms with E-state index in [1.54, 1.807) is 0 Å². The molecule has 0 saturated carbocycles.